The van der Waals surface area contributed by atoms with Gasteiger partial charge in [0.15, 0.2) is 0 Å². The van der Waals surface area contributed by atoms with Crippen molar-refractivity contribution < 1.29 is 4.79 Å². The molecule has 0 aromatic heterocycles. The summed E-state index contributed by atoms with van der Waals surface area (Å²) in [5.74, 6) is 0.144. The second kappa shape index (κ2) is 7.65. The summed E-state index contributed by atoms with van der Waals surface area (Å²) in [5, 5.41) is 3.35. The van der Waals surface area contributed by atoms with E-state index in [-0.39, 0.29) is 18.0 Å². The minimum absolute atomic E-state index is 0.143. The van der Waals surface area contributed by atoms with Gasteiger partial charge in [-0.05, 0) is 44.9 Å². The van der Waals surface area contributed by atoms with E-state index in [2.05, 4.69) is 40.3 Å². The second-order valence-electron chi connectivity index (χ2n) is 4.97. The first-order chi connectivity index (χ1) is 8.93. The fourth-order valence-corrected chi connectivity index (χ4v) is 2.28. The predicted molar refractivity (Wildman–Crippen MR) is 83.2 cm³/mol. The van der Waals surface area contributed by atoms with Crippen molar-refractivity contribution in [1.82, 2.24) is 10.2 Å². The molecule has 0 heterocycles. The average molecular weight is 327 g/mol. The van der Waals surface area contributed by atoms with E-state index in [4.69, 9.17) is 0 Å². The molecule has 1 N–H and O–H groups in total. The smallest absolute Gasteiger partial charge is 0.239 e. The Balaban J connectivity index is 2.48. The van der Waals surface area contributed by atoms with Crippen LogP contribution in [0.2, 0.25) is 0 Å². The van der Waals surface area contributed by atoms with Crippen LogP contribution in [0.15, 0.2) is 28.7 Å². The number of hydrogen-bond acceptors (Lipinski definition) is 2. The molecule has 19 heavy (non-hydrogen) atoms. The quantitative estimate of drug-likeness (QED) is 0.871. The standard InChI is InChI=1S/C15H23BrN2O/c1-5-18(4)15(19)12(3)17-11(2)10-13-6-8-14(16)9-7-13/h6-9,11-12,17H,5,10H2,1-4H3. The zero-order valence-electron chi connectivity index (χ0n) is 12.1. The third-order valence-corrected chi connectivity index (χ3v) is 3.74. The van der Waals surface area contributed by atoms with Gasteiger partial charge in [0.1, 0.15) is 0 Å². The first kappa shape index (κ1) is 16.2. The number of rotatable bonds is 6. The second-order valence-corrected chi connectivity index (χ2v) is 5.89. The highest BCUT2D eigenvalue weighted by molar-refractivity contribution is 9.10. The number of nitrogens with zero attached hydrogens (tertiary/aromatic N) is 1. The fraction of sp³-hybridized carbons (Fsp3) is 0.533. The van der Waals surface area contributed by atoms with Crippen molar-refractivity contribution in [1.29, 1.82) is 0 Å². The molecule has 1 amide bonds. The van der Waals surface area contributed by atoms with Crippen LogP contribution in [-0.4, -0.2) is 36.5 Å². The molecule has 106 valence electrons. The van der Waals surface area contributed by atoms with E-state index in [1.807, 2.05) is 33.0 Å². The lowest BCUT2D eigenvalue weighted by Crippen LogP contribution is -2.46. The highest BCUT2D eigenvalue weighted by Gasteiger charge is 2.18. The monoisotopic (exact) mass is 326 g/mol. The number of nitrogens with one attached hydrogen (secondary N) is 1. The minimum Gasteiger partial charge on any atom is -0.345 e. The SMILES string of the molecule is CCN(C)C(=O)C(C)NC(C)Cc1ccc(Br)cc1. The topological polar surface area (TPSA) is 32.3 Å². The molecule has 0 aliphatic rings. The number of hydrogen-bond donors (Lipinski definition) is 1. The van der Waals surface area contributed by atoms with E-state index in [0.717, 1.165) is 17.4 Å². The summed E-state index contributed by atoms with van der Waals surface area (Å²) in [5.41, 5.74) is 1.27. The van der Waals surface area contributed by atoms with Gasteiger partial charge >= 0.3 is 0 Å². The summed E-state index contributed by atoms with van der Waals surface area (Å²) in [7, 11) is 1.83. The van der Waals surface area contributed by atoms with Crippen molar-refractivity contribution in [2.24, 2.45) is 0 Å². The van der Waals surface area contributed by atoms with Crippen LogP contribution in [0.3, 0.4) is 0 Å². The Kier molecular flexibility index (Phi) is 6.52. The molecular formula is C15H23BrN2O. The third kappa shape index (κ3) is 5.33. The van der Waals surface area contributed by atoms with Crippen LogP contribution in [0.5, 0.6) is 0 Å². The molecule has 1 aromatic carbocycles. The van der Waals surface area contributed by atoms with Gasteiger partial charge in [-0.1, -0.05) is 28.1 Å². The molecule has 0 saturated carbocycles. The highest BCUT2D eigenvalue weighted by atomic mass is 79.9. The Morgan fingerprint density at radius 1 is 1.32 bits per heavy atom. The third-order valence-electron chi connectivity index (χ3n) is 3.21. The summed E-state index contributed by atoms with van der Waals surface area (Å²) in [6, 6.07) is 8.42. The van der Waals surface area contributed by atoms with Crippen LogP contribution in [0.1, 0.15) is 26.3 Å². The summed E-state index contributed by atoms with van der Waals surface area (Å²) in [6.45, 7) is 6.76. The number of likely N-dealkylation sites (N-methyl/N-ethyl adjacent to an activating group) is 1. The minimum atomic E-state index is -0.143. The molecule has 0 bridgehead atoms. The molecule has 0 saturated heterocycles. The lowest BCUT2D eigenvalue weighted by Gasteiger charge is -2.24. The number of carbonyl (C=O) groups excluding carboxylic acids is 1. The van der Waals surface area contributed by atoms with Gasteiger partial charge < -0.3 is 10.2 Å². The normalized spacial score (nSPS) is 13.9. The van der Waals surface area contributed by atoms with Crippen molar-refractivity contribution >= 4 is 21.8 Å². The van der Waals surface area contributed by atoms with Gasteiger partial charge in [-0.3, -0.25) is 4.79 Å². The van der Waals surface area contributed by atoms with E-state index in [9.17, 15) is 4.79 Å². The zero-order chi connectivity index (χ0) is 14.4. The Hall–Kier alpha value is -0.870. The fourth-order valence-electron chi connectivity index (χ4n) is 2.02. The van der Waals surface area contributed by atoms with Crippen molar-refractivity contribution in [3.05, 3.63) is 34.3 Å². The van der Waals surface area contributed by atoms with Crippen molar-refractivity contribution in [2.45, 2.75) is 39.3 Å². The number of halogens is 1. The molecular weight excluding hydrogens is 304 g/mol. The zero-order valence-corrected chi connectivity index (χ0v) is 13.7. The summed E-state index contributed by atoms with van der Waals surface area (Å²) in [6.07, 6.45) is 0.917. The van der Waals surface area contributed by atoms with Gasteiger partial charge in [-0.25, -0.2) is 0 Å². The van der Waals surface area contributed by atoms with Crippen LogP contribution < -0.4 is 5.32 Å². The molecule has 1 aromatic rings. The van der Waals surface area contributed by atoms with Crippen LogP contribution in [-0.2, 0) is 11.2 Å². The van der Waals surface area contributed by atoms with Gasteiger partial charge in [0, 0.05) is 24.1 Å². The Bertz CT molecular complexity index is 405. The van der Waals surface area contributed by atoms with E-state index >= 15 is 0 Å². The van der Waals surface area contributed by atoms with Crippen molar-refractivity contribution in [3.8, 4) is 0 Å². The van der Waals surface area contributed by atoms with E-state index < -0.39 is 0 Å². The summed E-state index contributed by atoms with van der Waals surface area (Å²) >= 11 is 3.43. The highest BCUT2D eigenvalue weighted by Crippen LogP contribution is 2.12. The summed E-state index contributed by atoms with van der Waals surface area (Å²) in [4.78, 5) is 13.7. The average Bonchev–Trinajstić information content (AvgIpc) is 2.39. The predicted octanol–water partition coefficient (Wildman–Crippen LogP) is 2.84. The van der Waals surface area contributed by atoms with Crippen molar-refractivity contribution in [3.63, 3.8) is 0 Å². The Labute approximate surface area is 124 Å². The van der Waals surface area contributed by atoms with Crippen LogP contribution in [0, 0.1) is 0 Å². The number of benzene rings is 1. The molecule has 0 aliphatic heterocycles. The van der Waals surface area contributed by atoms with Gasteiger partial charge in [0.05, 0.1) is 6.04 Å². The number of amides is 1. The molecule has 1 rings (SSSR count). The van der Waals surface area contributed by atoms with Crippen LogP contribution in [0.4, 0.5) is 0 Å². The number of carbonyl (C=O) groups is 1. The van der Waals surface area contributed by atoms with E-state index in [1.165, 1.54) is 5.56 Å². The Morgan fingerprint density at radius 3 is 2.42 bits per heavy atom. The molecule has 2 unspecified atom stereocenters. The maximum atomic E-state index is 12.0. The van der Waals surface area contributed by atoms with E-state index in [1.54, 1.807) is 4.90 Å². The van der Waals surface area contributed by atoms with Crippen molar-refractivity contribution in [2.75, 3.05) is 13.6 Å². The van der Waals surface area contributed by atoms with Gasteiger partial charge in [0.2, 0.25) is 5.91 Å². The molecule has 0 radical (unpaired) electrons. The van der Waals surface area contributed by atoms with E-state index in [0.29, 0.717) is 0 Å². The van der Waals surface area contributed by atoms with Gasteiger partial charge in [-0.15, -0.1) is 0 Å². The van der Waals surface area contributed by atoms with Crippen LogP contribution in [0.25, 0.3) is 0 Å². The van der Waals surface area contributed by atoms with Gasteiger partial charge in [-0.2, -0.15) is 0 Å². The largest absolute Gasteiger partial charge is 0.345 e. The Morgan fingerprint density at radius 2 is 1.89 bits per heavy atom. The molecule has 2 atom stereocenters. The summed E-state index contributed by atoms with van der Waals surface area (Å²) < 4.78 is 1.09. The molecule has 0 spiro atoms. The molecule has 4 heteroatoms. The van der Waals surface area contributed by atoms with Crippen LogP contribution >= 0.6 is 15.9 Å². The first-order valence-corrected chi connectivity index (χ1v) is 7.48. The lowest BCUT2D eigenvalue weighted by molar-refractivity contribution is -0.131. The molecule has 3 nitrogen and oxygen atoms in total. The molecule has 0 aliphatic carbocycles. The first-order valence-electron chi connectivity index (χ1n) is 6.69. The van der Waals surface area contributed by atoms with Gasteiger partial charge in [0.25, 0.3) is 0 Å². The lowest BCUT2D eigenvalue weighted by atomic mass is 10.1. The maximum absolute atomic E-state index is 12.0. The maximum Gasteiger partial charge on any atom is 0.239 e. The molecule has 0 fully saturated rings.